The van der Waals surface area contributed by atoms with Crippen molar-refractivity contribution in [2.75, 3.05) is 11.4 Å². The molecule has 6 heteroatoms. The van der Waals surface area contributed by atoms with Gasteiger partial charge in [0.05, 0.1) is 5.69 Å². The lowest BCUT2D eigenvalue weighted by atomic mass is 10.0. The fourth-order valence-electron chi connectivity index (χ4n) is 2.69. The zero-order valence-electron chi connectivity index (χ0n) is 10.2. The summed E-state index contributed by atoms with van der Waals surface area (Å²) in [6.07, 6.45) is 2.53. The Morgan fingerprint density at radius 2 is 2.05 bits per heavy atom. The summed E-state index contributed by atoms with van der Waals surface area (Å²) in [4.78, 5) is 27.2. The third-order valence-electron chi connectivity index (χ3n) is 3.62. The van der Waals surface area contributed by atoms with Crippen molar-refractivity contribution in [3.63, 3.8) is 0 Å². The van der Waals surface area contributed by atoms with Crippen molar-refractivity contribution in [2.45, 2.75) is 25.3 Å². The van der Waals surface area contributed by atoms with Crippen LogP contribution in [0.4, 0.5) is 10.5 Å². The van der Waals surface area contributed by atoms with Crippen LogP contribution in [-0.4, -0.2) is 34.5 Å². The lowest BCUT2D eigenvalue weighted by Gasteiger charge is -2.25. The smallest absolute Gasteiger partial charge is 0.332 e. The molecule has 1 unspecified atom stereocenters. The van der Waals surface area contributed by atoms with Gasteiger partial charge >= 0.3 is 6.03 Å². The van der Waals surface area contributed by atoms with Crippen molar-refractivity contribution in [1.82, 2.24) is 4.90 Å². The molecule has 19 heavy (non-hydrogen) atoms. The highest BCUT2D eigenvalue weighted by atomic mass is 35.5. The number of rotatable bonds is 1. The number of anilines is 1. The maximum Gasteiger partial charge on any atom is 0.332 e. The first kappa shape index (κ1) is 12.3. The number of carbonyl (C=O) groups is 2. The van der Waals surface area contributed by atoms with E-state index in [1.165, 1.54) is 18.2 Å². The fraction of sp³-hybridized carbons (Fsp3) is 0.385. The Labute approximate surface area is 115 Å². The molecule has 0 bridgehead atoms. The zero-order valence-corrected chi connectivity index (χ0v) is 10.9. The third-order valence-corrected chi connectivity index (χ3v) is 3.86. The first-order valence-corrected chi connectivity index (χ1v) is 6.60. The second kappa shape index (κ2) is 4.42. The van der Waals surface area contributed by atoms with Crippen LogP contribution in [0.25, 0.3) is 0 Å². The molecule has 3 rings (SSSR count). The molecule has 0 spiro atoms. The quantitative estimate of drug-likeness (QED) is 0.804. The number of urea groups is 1. The number of fused-ring (bicyclic) bond motifs is 1. The van der Waals surface area contributed by atoms with Crippen LogP contribution in [-0.2, 0) is 4.79 Å². The van der Waals surface area contributed by atoms with Crippen molar-refractivity contribution >= 4 is 29.2 Å². The van der Waals surface area contributed by atoms with Crippen molar-refractivity contribution in [3.8, 4) is 5.75 Å². The Morgan fingerprint density at radius 1 is 1.26 bits per heavy atom. The zero-order chi connectivity index (χ0) is 13.6. The van der Waals surface area contributed by atoms with E-state index in [4.69, 9.17) is 11.6 Å². The van der Waals surface area contributed by atoms with Gasteiger partial charge in [0.15, 0.2) is 0 Å². The molecule has 2 aliphatic heterocycles. The average molecular weight is 281 g/mol. The van der Waals surface area contributed by atoms with Crippen molar-refractivity contribution in [3.05, 3.63) is 23.2 Å². The van der Waals surface area contributed by atoms with Crippen LogP contribution in [0, 0.1) is 0 Å². The summed E-state index contributed by atoms with van der Waals surface area (Å²) in [6, 6.07) is 3.58. The molecule has 5 nitrogen and oxygen atoms in total. The maximum atomic E-state index is 12.3. The molecule has 1 aromatic carbocycles. The lowest BCUT2D eigenvalue weighted by molar-refractivity contribution is -0.120. The molecule has 1 atom stereocenters. The molecule has 1 N–H and O–H groups in total. The summed E-state index contributed by atoms with van der Waals surface area (Å²) >= 11 is 5.87. The predicted octanol–water partition coefficient (Wildman–Crippen LogP) is 2.37. The first-order valence-electron chi connectivity index (χ1n) is 6.22. The summed E-state index contributed by atoms with van der Waals surface area (Å²) < 4.78 is 0. The maximum absolute atomic E-state index is 12.3. The predicted molar refractivity (Wildman–Crippen MR) is 70.3 cm³/mol. The van der Waals surface area contributed by atoms with Gasteiger partial charge in [-0.2, -0.15) is 0 Å². The highest BCUT2D eigenvalue weighted by Crippen LogP contribution is 2.36. The van der Waals surface area contributed by atoms with E-state index in [0.29, 0.717) is 18.0 Å². The van der Waals surface area contributed by atoms with E-state index >= 15 is 0 Å². The number of hydrogen-bond donors (Lipinski definition) is 1. The number of aromatic hydroxyl groups is 1. The van der Waals surface area contributed by atoms with E-state index in [-0.39, 0.29) is 29.4 Å². The summed E-state index contributed by atoms with van der Waals surface area (Å²) in [7, 11) is 0. The van der Waals surface area contributed by atoms with E-state index in [1.54, 1.807) is 4.90 Å². The van der Waals surface area contributed by atoms with Gasteiger partial charge in [-0.25, -0.2) is 9.69 Å². The van der Waals surface area contributed by atoms with E-state index in [9.17, 15) is 14.7 Å². The molecule has 3 amide bonds. The van der Waals surface area contributed by atoms with E-state index < -0.39 is 0 Å². The normalized spacial score (nSPS) is 22.9. The Morgan fingerprint density at radius 3 is 2.79 bits per heavy atom. The molecule has 100 valence electrons. The Bertz CT molecular complexity index is 537. The van der Waals surface area contributed by atoms with Crippen LogP contribution in [0.5, 0.6) is 5.75 Å². The van der Waals surface area contributed by atoms with Crippen LogP contribution < -0.4 is 4.90 Å². The molecular weight excluding hydrogens is 268 g/mol. The van der Waals surface area contributed by atoms with Gasteiger partial charge in [-0.05, 0) is 37.5 Å². The number of phenols is 1. The molecule has 0 radical (unpaired) electrons. The highest BCUT2D eigenvalue weighted by molar-refractivity contribution is 6.31. The molecule has 2 fully saturated rings. The Kier molecular flexibility index (Phi) is 2.86. The molecule has 2 saturated heterocycles. The summed E-state index contributed by atoms with van der Waals surface area (Å²) in [6.45, 7) is 0.590. The number of nitrogens with zero attached hydrogens (tertiary/aromatic N) is 2. The van der Waals surface area contributed by atoms with E-state index in [0.717, 1.165) is 17.7 Å². The number of phenolic OH excluding ortho intramolecular Hbond substituents is 1. The summed E-state index contributed by atoms with van der Waals surface area (Å²) in [5.74, 6) is -0.395. The standard InChI is InChI=1S/C13H13ClN2O3/c14-8-4-5-11(17)10(7-8)16-12(18)9-3-1-2-6-15(9)13(16)19/h4-5,7,9,17H,1-3,6H2. The fourth-order valence-corrected chi connectivity index (χ4v) is 2.85. The molecule has 0 saturated carbocycles. The molecule has 2 heterocycles. The number of piperidine rings is 1. The van der Waals surface area contributed by atoms with Crippen molar-refractivity contribution < 1.29 is 14.7 Å². The first-order chi connectivity index (χ1) is 9.09. The molecule has 2 aliphatic rings. The topological polar surface area (TPSA) is 60.9 Å². The number of halogens is 1. The van der Waals surface area contributed by atoms with Crippen molar-refractivity contribution in [1.29, 1.82) is 0 Å². The second-order valence-corrected chi connectivity index (χ2v) is 5.23. The second-order valence-electron chi connectivity index (χ2n) is 4.79. The van der Waals surface area contributed by atoms with E-state index in [2.05, 4.69) is 0 Å². The van der Waals surface area contributed by atoms with Gasteiger partial charge in [0.1, 0.15) is 11.8 Å². The van der Waals surface area contributed by atoms with Crippen LogP contribution in [0.1, 0.15) is 19.3 Å². The molecular formula is C13H13ClN2O3. The number of benzene rings is 1. The van der Waals surface area contributed by atoms with Crippen LogP contribution in [0.2, 0.25) is 5.02 Å². The Balaban J connectivity index is 2.03. The number of hydrogen-bond acceptors (Lipinski definition) is 3. The third kappa shape index (κ3) is 1.85. The minimum absolute atomic E-state index is 0.119. The van der Waals surface area contributed by atoms with Crippen molar-refractivity contribution in [2.24, 2.45) is 0 Å². The van der Waals surface area contributed by atoms with E-state index in [1.807, 2.05) is 0 Å². The van der Waals surface area contributed by atoms with Crippen LogP contribution >= 0.6 is 11.6 Å². The Hall–Kier alpha value is -1.75. The minimum Gasteiger partial charge on any atom is -0.506 e. The monoisotopic (exact) mass is 280 g/mol. The molecule has 1 aromatic rings. The minimum atomic E-state index is -0.389. The van der Waals surface area contributed by atoms with Gasteiger partial charge < -0.3 is 10.0 Å². The molecule has 0 aromatic heterocycles. The SMILES string of the molecule is O=C1C2CCCCN2C(=O)N1c1cc(Cl)ccc1O. The van der Waals surface area contributed by atoms with Crippen LogP contribution in [0.15, 0.2) is 18.2 Å². The van der Waals surface area contributed by atoms with Gasteiger partial charge in [0.25, 0.3) is 5.91 Å². The number of carbonyl (C=O) groups excluding carboxylic acids is 2. The molecule has 0 aliphatic carbocycles. The largest absolute Gasteiger partial charge is 0.506 e. The van der Waals surface area contributed by atoms with Gasteiger partial charge in [0, 0.05) is 11.6 Å². The lowest BCUT2D eigenvalue weighted by Crippen LogP contribution is -2.39. The van der Waals surface area contributed by atoms with Gasteiger partial charge in [-0.1, -0.05) is 11.6 Å². The van der Waals surface area contributed by atoms with Gasteiger partial charge in [0.2, 0.25) is 0 Å². The van der Waals surface area contributed by atoms with Gasteiger partial charge in [-0.3, -0.25) is 4.79 Å². The number of imide groups is 1. The number of amides is 3. The average Bonchev–Trinajstić information content (AvgIpc) is 2.66. The summed E-state index contributed by atoms with van der Waals surface area (Å²) in [5.41, 5.74) is 0.164. The van der Waals surface area contributed by atoms with Crippen LogP contribution in [0.3, 0.4) is 0 Å². The summed E-state index contributed by atoms with van der Waals surface area (Å²) in [5, 5.41) is 10.2. The highest BCUT2D eigenvalue weighted by Gasteiger charge is 2.47. The van der Waals surface area contributed by atoms with Gasteiger partial charge in [-0.15, -0.1) is 0 Å².